The summed E-state index contributed by atoms with van der Waals surface area (Å²) in [4.78, 5) is 4.20. The van der Waals surface area contributed by atoms with E-state index in [0.29, 0.717) is 6.42 Å². The smallest absolute Gasteiger partial charge is 0.0621 e. The van der Waals surface area contributed by atoms with Crippen molar-refractivity contribution >= 4 is 0 Å². The van der Waals surface area contributed by atoms with Crippen molar-refractivity contribution < 1.29 is 0 Å². The molecule has 0 saturated carbocycles. The van der Waals surface area contributed by atoms with Crippen molar-refractivity contribution in [1.82, 2.24) is 4.98 Å². The van der Waals surface area contributed by atoms with Gasteiger partial charge in [-0.25, -0.2) is 0 Å². The second-order valence-electron chi connectivity index (χ2n) is 2.84. The first-order chi connectivity index (χ1) is 5.83. The maximum Gasteiger partial charge on any atom is 0.0621 e. The lowest BCUT2D eigenvalue weighted by atomic mass is 10.1. The van der Waals surface area contributed by atoms with E-state index in [1.165, 1.54) is 5.56 Å². The number of nitrogens with zero attached hydrogens (tertiary/aromatic N) is 2. The zero-order chi connectivity index (χ0) is 8.81. The van der Waals surface area contributed by atoms with Crippen molar-refractivity contribution in [2.45, 2.75) is 26.2 Å². The van der Waals surface area contributed by atoms with Gasteiger partial charge in [-0.2, -0.15) is 5.26 Å². The third-order valence-electron chi connectivity index (χ3n) is 1.69. The number of hydrogen-bond donors (Lipinski definition) is 0. The molecule has 1 heterocycles. The Morgan fingerprint density at radius 3 is 3.08 bits per heavy atom. The van der Waals surface area contributed by atoms with Crippen molar-refractivity contribution in [3.63, 3.8) is 0 Å². The zero-order valence-corrected chi connectivity index (χ0v) is 7.25. The van der Waals surface area contributed by atoms with Crippen LogP contribution in [0.5, 0.6) is 0 Å². The fourth-order valence-corrected chi connectivity index (χ4v) is 1.08. The van der Waals surface area contributed by atoms with E-state index in [1.807, 2.05) is 12.3 Å². The Balaban J connectivity index is 2.48. The summed E-state index contributed by atoms with van der Waals surface area (Å²) in [6.45, 7) is 2.05. The second kappa shape index (κ2) is 4.50. The van der Waals surface area contributed by atoms with Crippen molar-refractivity contribution in [3.8, 4) is 6.07 Å². The van der Waals surface area contributed by atoms with Crippen LogP contribution in [0.3, 0.4) is 0 Å². The number of rotatable bonds is 3. The Bertz CT molecular complexity index is 286. The average molecular weight is 160 g/mol. The minimum absolute atomic E-state index is 0.621. The van der Waals surface area contributed by atoms with Gasteiger partial charge in [0.05, 0.1) is 6.07 Å². The number of aryl methyl sites for hydroxylation is 2. The summed E-state index contributed by atoms with van der Waals surface area (Å²) in [5.41, 5.74) is 2.32. The van der Waals surface area contributed by atoms with Crippen LogP contribution in [0.25, 0.3) is 0 Å². The lowest BCUT2D eigenvalue weighted by Gasteiger charge is -1.98. The van der Waals surface area contributed by atoms with Crippen molar-refractivity contribution in [3.05, 3.63) is 29.6 Å². The number of aromatic nitrogens is 1. The summed E-state index contributed by atoms with van der Waals surface area (Å²) in [7, 11) is 0. The maximum absolute atomic E-state index is 8.33. The van der Waals surface area contributed by atoms with Crippen LogP contribution in [0.2, 0.25) is 0 Å². The standard InChI is InChI=1S/C10H12N2/c1-9-5-7-12-10(8-9)4-2-3-6-11/h5,7-8H,2-4H2,1H3. The average Bonchev–Trinajstić information content (AvgIpc) is 2.05. The molecular weight excluding hydrogens is 148 g/mol. The Morgan fingerprint density at radius 1 is 1.58 bits per heavy atom. The molecule has 0 unspecified atom stereocenters. The highest BCUT2D eigenvalue weighted by molar-refractivity contribution is 5.14. The van der Waals surface area contributed by atoms with Crippen LogP contribution in [0, 0.1) is 18.3 Å². The summed E-state index contributed by atoms with van der Waals surface area (Å²) in [6, 6.07) is 6.17. The third kappa shape index (κ3) is 2.71. The lowest BCUT2D eigenvalue weighted by Crippen LogP contribution is -1.89. The largest absolute Gasteiger partial charge is 0.261 e. The molecule has 0 aliphatic heterocycles. The van der Waals surface area contributed by atoms with Gasteiger partial charge in [0.25, 0.3) is 0 Å². The van der Waals surface area contributed by atoms with Crippen LogP contribution in [0.1, 0.15) is 24.1 Å². The van der Waals surface area contributed by atoms with Gasteiger partial charge in [0.1, 0.15) is 0 Å². The van der Waals surface area contributed by atoms with Gasteiger partial charge in [-0.1, -0.05) is 0 Å². The molecular formula is C10H12N2. The topological polar surface area (TPSA) is 36.7 Å². The van der Waals surface area contributed by atoms with Crippen LogP contribution in [0.15, 0.2) is 18.3 Å². The molecule has 0 amide bonds. The predicted molar refractivity (Wildman–Crippen MR) is 47.5 cm³/mol. The van der Waals surface area contributed by atoms with Gasteiger partial charge < -0.3 is 0 Å². The highest BCUT2D eigenvalue weighted by Crippen LogP contribution is 2.03. The molecule has 1 rings (SSSR count). The SMILES string of the molecule is Cc1ccnc(CCCC#N)c1. The summed E-state index contributed by atoms with van der Waals surface area (Å²) >= 11 is 0. The van der Waals surface area contributed by atoms with Gasteiger partial charge in [0.15, 0.2) is 0 Å². The number of unbranched alkanes of at least 4 members (excludes halogenated alkanes) is 1. The number of hydrogen-bond acceptors (Lipinski definition) is 2. The van der Waals surface area contributed by atoms with E-state index < -0.39 is 0 Å². The first-order valence-electron chi connectivity index (χ1n) is 4.11. The van der Waals surface area contributed by atoms with E-state index in [-0.39, 0.29) is 0 Å². The van der Waals surface area contributed by atoms with Gasteiger partial charge in [-0.05, 0) is 37.5 Å². The van der Waals surface area contributed by atoms with Gasteiger partial charge >= 0.3 is 0 Å². The molecule has 12 heavy (non-hydrogen) atoms. The van der Waals surface area contributed by atoms with Crippen LogP contribution < -0.4 is 0 Å². The van der Waals surface area contributed by atoms with Crippen molar-refractivity contribution in [1.29, 1.82) is 5.26 Å². The summed E-state index contributed by atoms with van der Waals surface area (Å²) in [6.07, 6.45) is 4.26. The zero-order valence-electron chi connectivity index (χ0n) is 7.25. The monoisotopic (exact) mass is 160 g/mol. The quantitative estimate of drug-likeness (QED) is 0.636. The van der Waals surface area contributed by atoms with Crippen molar-refractivity contribution in [2.75, 3.05) is 0 Å². The van der Waals surface area contributed by atoms with Crippen molar-refractivity contribution in [2.24, 2.45) is 0 Å². The van der Waals surface area contributed by atoms with E-state index in [4.69, 9.17) is 5.26 Å². The Labute approximate surface area is 72.9 Å². The normalized spacial score (nSPS) is 9.33. The summed E-state index contributed by atoms with van der Waals surface area (Å²) < 4.78 is 0. The molecule has 2 nitrogen and oxygen atoms in total. The molecule has 0 fully saturated rings. The minimum Gasteiger partial charge on any atom is -0.261 e. The highest BCUT2D eigenvalue weighted by atomic mass is 14.7. The molecule has 62 valence electrons. The van der Waals surface area contributed by atoms with Crippen LogP contribution in [0.4, 0.5) is 0 Å². The van der Waals surface area contributed by atoms with E-state index in [1.54, 1.807) is 0 Å². The molecule has 0 saturated heterocycles. The minimum atomic E-state index is 0.621. The third-order valence-corrected chi connectivity index (χ3v) is 1.69. The van der Waals surface area contributed by atoms with Gasteiger partial charge in [0.2, 0.25) is 0 Å². The van der Waals surface area contributed by atoms with Gasteiger partial charge in [0, 0.05) is 18.3 Å². The van der Waals surface area contributed by atoms with Crippen LogP contribution in [-0.2, 0) is 6.42 Å². The summed E-state index contributed by atoms with van der Waals surface area (Å²) in [5.74, 6) is 0. The molecule has 0 aliphatic rings. The highest BCUT2D eigenvalue weighted by Gasteiger charge is 1.93. The van der Waals surface area contributed by atoms with E-state index in [0.717, 1.165) is 18.5 Å². The fraction of sp³-hybridized carbons (Fsp3) is 0.400. The van der Waals surface area contributed by atoms with Crippen LogP contribution >= 0.6 is 0 Å². The Hall–Kier alpha value is -1.36. The molecule has 1 aromatic rings. The molecule has 0 spiro atoms. The van der Waals surface area contributed by atoms with E-state index in [9.17, 15) is 0 Å². The molecule has 0 radical (unpaired) electrons. The predicted octanol–water partition coefficient (Wildman–Crippen LogP) is 2.24. The lowest BCUT2D eigenvalue weighted by molar-refractivity contribution is 0.823. The molecule has 0 atom stereocenters. The maximum atomic E-state index is 8.33. The van der Waals surface area contributed by atoms with Gasteiger partial charge in [-0.3, -0.25) is 4.98 Å². The first kappa shape index (κ1) is 8.73. The molecule has 0 aromatic carbocycles. The van der Waals surface area contributed by atoms with Crippen LogP contribution in [-0.4, -0.2) is 4.98 Å². The molecule has 1 aromatic heterocycles. The summed E-state index contributed by atoms with van der Waals surface area (Å²) in [5, 5.41) is 8.33. The van der Waals surface area contributed by atoms with Gasteiger partial charge in [-0.15, -0.1) is 0 Å². The molecule has 0 bridgehead atoms. The molecule has 0 aliphatic carbocycles. The van der Waals surface area contributed by atoms with E-state index in [2.05, 4.69) is 24.0 Å². The molecule has 0 N–H and O–H groups in total. The molecule has 2 heteroatoms. The number of nitriles is 1. The Kier molecular flexibility index (Phi) is 3.28. The Morgan fingerprint density at radius 2 is 2.42 bits per heavy atom. The first-order valence-corrected chi connectivity index (χ1v) is 4.11. The fourth-order valence-electron chi connectivity index (χ4n) is 1.08. The van der Waals surface area contributed by atoms with E-state index >= 15 is 0 Å². The number of pyridine rings is 1. The second-order valence-corrected chi connectivity index (χ2v) is 2.84.